The number of anilines is 1. The third-order valence-corrected chi connectivity index (χ3v) is 2.69. The highest BCUT2D eigenvalue weighted by Crippen LogP contribution is 2.27. The van der Waals surface area contributed by atoms with Crippen molar-refractivity contribution in [2.45, 2.75) is 6.92 Å². The standard InChI is InChI=1S/C12H11Cl2N3/c1-7-16-11(6-12(15-2)17-7)8-3-9(13)5-10(14)4-8/h3-6H,1-2H3,(H,15,16,17). The van der Waals surface area contributed by atoms with Gasteiger partial charge in [-0.1, -0.05) is 23.2 Å². The van der Waals surface area contributed by atoms with Crippen LogP contribution in [0.15, 0.2) is 24.3 Å². The third kappa shape index (κ3) is 2.87. The lowest BCUT2D eigenvalue weighted by atomic mass is 10.1. The molecule has 0 fully saturated rings. The summed E-state index contributed by atoms with van der Waals surface area (Å²) in [5.41, 5.74) is 1.68. The van der Waals surface area contributed by atoms with Crippen molar-refractivity contribution in [1.29, 1.82) is 0 Å². The number of nitrogens with one attached hydrogen (secondary N) is 1. The van der Waals surface area contributed by atoms with E-state index in [2.05, 4.69) is 15.3 Å². The number of rotatable bonds is 2. The van der Waals surface area contributed by atoms with Gasteiger partial charge in [-0.05, 0) is 25.1 Å². The van der Waals surface area contributed by atoms with E-state index in [1.807, 2.05) is 32.2 Å². The second kappa shape index (κ2) is 4.90. The fourth-order valence-corrected chi connectivity index (χ4v) is 2.07. The van der Waals surface area contributed by atoms with Crippen LogP contribution in [0.1, 0.15) is 5.82 Å². The Hall–Kier alpha value is -1.32. The fourth-order valence-electron chi connectivity index (χ4n) is 1.55. The smallest absolute Gasteiger partial charge is 0.130 e. The summed E-state index contributed by atoms with van der Waals surface area (Å²) in [5, 5.41) is 4.17. The highest BCUT2D eigenvalue weighted by molar-refractivity contribution is 6.35. The molecule has 0 aliphatic carbocycles. The van der Waals surface area contributed by atoms with Gasteiger partial charge in [0, 0.05) is 28.7 Å². The van der Waals surface area contributed by atoms with Crippen LogP contribution in [0.3, 0.4) is 0 Å². The first-order valence-corrected chi connectivity index (χ1v) is 5.84. The van der Waals surface area contributed by atoms with E-state index in [4.69, 9.17) is 23.2 Å². The van der Waals surface area contributed by atoms with Gasteiger partial charge >= 0.3 is 0 Å². The summed E-state index contributed by atoms with van der Waals surface area (Å²) in [5.74, 6) is 1.46. The first-order valence-electron chi connectivity index (χ1n) is 5.08. The molecule has 1 N–H and O–H groups in total. The van der Waals surface area contributed by atoms with E-state index in [0.29, 0.717) is 15.9 Å². The molecule has 0 aliphatic rings. The lowest BCUT2D eigenvalue weighted by Gasteiger charge is -2.06. The van der Waals surface area contributed by atoms with Crippen molar-refractivity contribution in [2.24, 2.45) is 0 Å². The first-order chi connectivity index (χ1) is 8.08. The fraction of sp³-hybridized carbons (Fsp3) is 0.167. The molecular formula is C12H11Cl2N3. The van der Waals surface area contributed by atoms with Gasteiger partial charge in [0.1, 0.15) is 11.6 Å². The average molecular weight is 268 g/mol. The molecule has 0 unspecified atom stereocenters. The Kier molecular flexibility index (Phi) is 3.50. The van der Waals surface area contributed by atoms with Crippen molar-refractivity contribution in [3.05, 3.63) is 40.1 Å². The Labute approximate surface area is 110 Å². The molecule has 1 aromatic carbocycles. The Morgan fingerprint density at radius 3 is 2.24 bits per heavy atom. The van der Waals surface area contributed by atoms with Crippen molar-refractivity contribution < 1.29 is 0 Å². The molecule has 5 heteroatoms. The molecule has 0 amide bonds. The van der Waals surface area contributed by atoms with Crippen LogP contribution >= 0.6 is 23.2 Å². The van der Waals surface area contributed by atoms with Crippen LogP contribution in [0.2, 0.25) is 10.0 Å². The highest BCUT2D eigenvalue weighted by Gasteiger charge is 2.05. The largest absolute Gasteiger partial charge is 0.373 e. The van der Waals surface area contributed by atoms with Gasteiger partial charge in [-0.2, -0.15) is 0 Å². The van der Waals surface area contributed by atoms with E-state index in [0.717, 1.165) is 17.1 Å². The molecule has 0 saturated heterocycles. The van der Waals surface area contributed by atoms with Crippen molar-refractivity contribution >= 4 is 29.0 Å². The second-order valence-electron chi connectivity index (χ2n) is 3.59. The molecule has 88 valence electrons. The van der Waals surface area contributed by atoms with Crippen molar-refractivity contribution in [2.75, 3.05) is 12.4 Å². The van der Waals surface area contributed by atoms with Crippen LogP contribution in [0.25, 0.3) is 11.3 Å². The van der Waals surface area contributed by atoms with Crippen molar-refractivity contribution in [1.82, 2.24) is 9.97 Å². The molecule has 0 bridgehead atoms. The predicted molar refractivity (Wildman–Crippen MR) is 71.8 cm³/mol. The Morgan fingerprint density at radius 1 is 1.00 bits per heavy atom. The Balaban J connectivity index is 2.55. The summed E-state index contributed by atoms with van der Waals surface area (Å²) in [4.78, 5) is 8.60. The van der Waals surface area contributed by atoms with Gasteiger partial charge in [-0.3, -0.25) is 0 Å². The summed E-state index contributed by atoms with van der Waals surface area (Å²) in [7, 11) is 1.82. The summed E-state index contributed by atoms with van der Waals surface area (Å²) in [6.45, 7) is 1.84. The monoisotopic (exact) mass is 267 g/mol. The van der Waals surface area contributed by atoms with Crippen molar-refractivity contribution in [3.8, 4) is 11.3 Å². The second-order valence-corrected chi connectivity index (χ2v) is 4.47. The van der Waals surface area contributed by atoms with Gasteiger partial charge in [0.25, 0.3) is 0 Å². The number of aromatic nitrogens is 2. The summed E-state index contributed by atoms with van der Waals surface area (Å²) in [6.07, 6.45) is 0. The number of aryl methyl sites for hydroxylation is 1. The molecule has 1 aromatic heterocycles. The normalized spacial score (nSPS) is 10.4. The maximum Gasteiger partial charge on any atom is 0.130 e. The molecule has 0 aliphatic heterocycles. The summed E-state index contributed by atoms with van der Waals surface area (Å²) < 4.78 is 0. The topological polar surface area (TPSA) is 37.8 Å². The van der Waals surface area contributed by atoms with Crippen LogP contribution in [0, 0.1) is 6.92 Å². The van der Waals surface area contributed by atoms with Gasteiger partial charge in [-0.15, -0.1) is 0 Å². The Bertz CT molecular complexity index is 535. The first kappa shape index (κ1) is 12.1. The molecule has 2 rings (SSSR count). The van der Waals surface area contributed by atoms with Gasteiger partial charge in [0.15, 0.2) is 0 Å². The van der Waals surface area contributed by atoms with Crippen LogP contribution in [0.5, 0.6) is 0 Å². The Morgan fingerprint density at radius 2 is 1.65 bits per heavy atom. The summed E-state index contributed by atoms with van der Waals surface area (Å²) in [6, 6.07) is 7.21. The molecule has 2 aromatic rings. The quantitative estimate of drug-likeness (QED) is 0.900. The molecule has 0 radical (unpaired) electrons. The minimum absolute atomic E-state index is 0.592. The number of benzene rings is 1. The van der Waals surface area contributed by atoms with E-state index >= 15 is 0 Å². The predicted octanol–water partition coefficient (Wildman–Crippen LogP) is 3.80. The zero-order valence-corrected chi connectivity index (χ0v) is 11.0. The number of hydrogen-bond acceptors (Lipinski definition) is 3. The van der Waals surface area contributed by atoms with Crippen LogP contribution in [0.4, 0.5) is 5.82 Å². The van der Waals surface area contributed by atoms with Gasteiger partial charge in [-0.25, -0.2) is 9.97 Å². The SMILES string of the molecule is CNc1cc(-c2cc(Cl)cc(Cl)c2)nc(C)n1. The van der Waals surface area contributed by atoms with Gasteiger partial charge in [0.2, 0.25) is 0 Å². The van der Waals surface area contributed by atoms with Crippen LogP contribution < -0.4 is 5.32 Å². The van der Waals surface area contributed by atoms with E-state index < -0.39 is 0 Å². The number of nitrogens with zero attached hydrogens (tertiary/aromatic N) is 2. The molecule has 1 heterocycles. The zero-order valence-electron chi connectivity index (χ0n) is 9.46. The molecule has 0 saturated carbocycles. The molecular weight excluding hydrogens is 257 g/mol. The maximum absolute atomic E-state index is 5.97. The molecule has 17 heavy (non-hydrogen) atoms. The highest BCUT2D eigenvalue weighted by atomic mass is 35.5. The zero-order chi connectivity index (χ0) is 12.4. The lowest BCUT2D eigenvalue weighted by Crippen LogP contribution is -1.98. The van der Waals surface area contributed by atoms with Crippen LogP contribution in [-0.4, -0.2) is 17.0 Å². The van der Waals surface area contributed by atoms with E-state index in [1.54, 1.807) is 6.07 Å². The van der Waals surface area contributed by atoms with Crippen molar-refractivity contribution in [3.63, 3.8) is 0 Å². The van der Waals surface area contributed by atoms with E-state index in [1.165, 1.54) is 0 Å². The summed E-state index contributed by atoms with van der Waals surface area (Å²) >= 11 is 11.9. The molecule has 0 atom stereocenters. The van der Waals surface area contributed by atoms with E-state index in [9.17, 15) is 0 Å². The van der Waals surface area contributed by atoms with Gasteiger partial charge in [0.05, 0.1) is 5.69 Å². The number of halogens is 2. The van der Waals surface area contributed by atoms with E-state index in [-0.39, 0.29) is 0 Å². The average Bonchev–Trinajstić information content (AvgIpc) is 2.26. The van der Waals surface area contributed by atoms with Crippen LogP contribution in [-0.2, 0) is 0 Å². The lowest BCUT2D eigenvalue weighted by molar-refractivity contribution is 1.06. The molecule has 0 spiro atoms. The third-order valence-electron chi connectivity index (χ3n) is 2.25. The minimum atomic E-state index is 0.592. The minimum Gasteiger partial charge on any atom is -0.373 e. The van der Waals surface area contributed by atoms with Gasteiger partial charge < -0.3 is 5.32 Å². The maximum atomic E-state index is 5.97. The number of hydrogen-bond donors (Lipinski definition) is 1. The molecule has 3 nitrogen and oxygen atoms in total.